The highest BCUT2D eigenvalue weighted by molar-refractivity contribution is 6.01. The van der Waals surface area contributed by atoms with Crippen LogP contribution in [0.15, 0.2) is 12.7 Å². The predicted octanol–water partition coefficient (Wildman–Crippen LogP) is 0.439. The van der Waals surface area contributed by atoms with Crippen molar-refractivity contribution < 1.29 is 29.7 Å². The zero-order valence-electron chi connectivity index (χ0n) is 8.14. The lowest BCUT2D eigenvalue weighted by Crippen LogP contribution is -2.46. The van der Waals surface area contributed by atoms with Gasteiger partial charge in [-0.15, -0.1) is 6.58 Å². The van der Waals surface area contributed by atoms with E-state index in [2.05, 4.69) is 6.58 Å². The SMILES string of the molecule is C=CCC(C(=O)O)C(C)(C(=O)O)C(=O)O. The monoisotopic (exact) mass is 216 g/mol. The van der Waals surface area contributed by atoms with Crippen molar-refractivity contribution in [2.45, 2.75) is 13.3 Å². The van der Waals surface area contributed by atoms with Crippen molar-refractivity contribution in [3.8, 4) is 0 Å². The van der Waals surface area contributed by atoms with E-state index >= 15 is 0 Å². The molecule has 0 aliphatic carbocycles. The number of carboxylic acids is 3. The van der Waals surface area contributed by atoms with Gasteiger partial charge in [-0.3, -0.25) is 14.4 Å². The van der Waals surface area contributed by atoms with E-state index in [1.165, 1.54) is 6.08 Å². The van der Waals surface area contributed by atoms with Gasteiger partial charge in [0.05, 0.1) is 5.92 Å². The molecular weight excluding hydrogens is 204 g/mol. The minimum absolute atomic E-state index is 0.218. The van der Waals surface area contributed by atoms with Crippen LogP contribution in [0.25, 0.3) is 0 Å². The van der Waals surface area contributed by atoms with E-state index in [0.29, 0.717) is 0 Å². The van der Waals surface area contributed by atoms with Crippen molar-refractivity contribution >= 4 is 17.9 Å². The maximum absolute atomic E-state index is 10.8. The third kappa shape index (κ3) is 2.34. The van der Waals surface area contributed by atoms with E-state index in [1.54, 1.807) is 0 Å². The molecule has 6 nitrogen and oxygen atoms in total. The summed E-state index contributed by atoms with van der Waals surface area (Å²) >= 11 is 0. The first-order chi connectivity index (χ1) is 6.78. The quantitative estimate of drug-likeness (QED) is 0.438. The van der Waals surface area contributed by atoms with E-state index in [0.717, 1.165) is 6.92 Å². The summed E-state index contributed by atoms with van der Waals surface area (Å²) in [6.07, 6.45) is 0.966. The molecule has 3 N–H and O–H groups in total. The van der Waals surface area contributed by atoms with Gasteiger partial charge < -0.3 is 15.3 Å². The van der Waals surface area contributed by atoms with Crippen LogP contribution in [-0.2, 0) is 14.4 Å². The minimum atomic E-state index is -2.35. The molecule has 0 bridgehead atoms. The zero-order chi connectivity index (χ0) is 12.2. The molecule has 0 rings (SSSR count). The molecule has 0 radical (unpaired) electrons. The predicted molar refractivity (Wildman–Crippen MR) is 49.3 cm³/mol. The molecule has 0 saturated carbocycles. The molecule has 0 saturated heterocycles. The van der Waals surface area contributed by atoms with Crippen molar-refractivity contribution in [2.75, 3.05) is 0 Å². The van der Waals surface area contributed by atoms with Gasteiger partial charge in [0.1, 0.15) is 0 Å². The second-order valence-corrected chi connectivity index (χ2v) is 3.23. The smallest absolute Gasteiger partial charge is 0.321 e. The van der Waals surface area contributed by atoms with Crippen molar-refractivity contribution in [3.05, 3.63) is 12.7 Å². The van der Waals surface area contributed by atoms with E-state index in [1.807, 2.05) is 0 Å². The van der Waals surface area contributed by atoms with Crippen molar-refractivity contribution in [1.82, 2.24) is 0 Å². The van der Waals surface area contributed by atoms with E-state index in [-0.39, 0.29) is 6.42 Å². The standard InChI is InChI=1S/C9H12O6/c1-3-4-5(6(10)11)9(2,7(12)13)8(14)15/h3,5H,1,4H2,2H3,(H,10,11)(H,12,13)(H,14,15). The molecule has 0 amide bonds. The van der Waals surface area contributed by atoms with Gasteiger partial charge in [-0.2, -0.15) is 0 Å². The van der Waals surface area contributed by atoms with E-state index in [4.69, 9.17) is 15.3 Å². The second-order valence-electron chi connectivity index (χ2n) is 3.23. The first-order valence-corrected chi connectivity index (χ1v) is 4.09. The Kier molecular flexibility index (Phi) is 4.02. The van der Waals surface area contributed by atoms with Gasteiger partial charge >= 0.3 is 17.9 Å². The van der Waals surface area contributed by atoms with Crippen LogP contribution in [-0.4, -0.2) is 33.2 Å². The summed E-state index contributed by atoms with van der Waals surface area (Å²) in [5.41, 5.74) is -2.35. The summed E-state index contributed by atoms with van der Waals surface area (Å²) < 4.78 is 0. The van der Waals surface area contributed by atoms with Gasteiger partial charge in [-0.05, 0) is 13.3 Å². The Labute approximate surface area is 85.8 Å². The molecule has 0 aromatic rings. The van der Waals surface area contributed by atoms with E-state index < -0.39 is 29.2 Å². The van der Waals surface area contributed by atoms with Gasteiger partial charge in [0.15, 0.2) is 5.41 Å². The Balaban J connectivity index is 5.37. The van der Waals surface area contributed by atoms with Crippen LogP contribution in [0.4, 0.5) is 0 Å². The summed E-state index contributed by atoms with van der Waals surface area (Å²) in [4.78, 5) is 32.4. The fourth-order valence-corrected chi connectivity index (χ4v) is 1.14. The lowest BCUT2D eigenvalue weighted by atomic mass is 9.75. The molecule has 0 aromatic carbocycles. The Morgan fingerprint density at radius 3 is 1.87 bits per heavy atom. The zero-order valence-corrected chi connectivity index (χ0v) is 8.14. The summed E-state index contributed by atoms with van der Waals surface area (Å²) in [6, 6.07) is 0. The van der Waals surface area contributed by atoms with Crippen LogP contribution in [0.2, 0.25) is 0 Å². The van der Waals surface area contributed by atoms with Crippen LogP contribution in [0.5, 0.6) is 0 Å². The Morgan fingerprint density at radius 2 is 1.67 bits per heavy atom. The first kappa shape index (κ1) is 13.2. The third-order valence-electron chi connectivity index (χ3n) is 2.29. The first-order valence-electron chi connectivity index (χ1n) is 4.09. The number of carbonyl (C=O) groups is 3. The minimum Gasteiger partial charge on any atom is -0.481 e. The summed E-state index contributed by atoms with van der Waals surface area (Å²) in [5.74, 6) is -6.36. The topological polar surface area (TPSA) is 112 Å². The molecule has 6 heteroatoms. The number of hydrogen-bond acceptors (Lipinski definition) is 3. The summed E-state index contributed by atoms with van der Waals surface area (Å²) in [5, 5.41) is 26.3. The largest absolute Gasteiger partial charge is 0.481 e. The Hall–Kier alpha value is -1.85. The average molecular weight is 216 g/mol. The van der Waals surface area contributed by atoms with Crippen LogP contribution in [0.1, 0.15) is 13.3 Å². The molecule has 0 aromatic heterocycles. The number of carboxylic acid groups (broad SMARTS) is 3. The van der Waals surface area contributed by atoms with Crippen LogP contribution < -0.4 is 0 Å². The van der Waals surface area contributed by atoms with Gasteiger partial charge in [0.25, 0.3) is 0 Å². The lowest BCUT2D eigenvalue weighted by Gasteiger charge is -2.25. The highest BCUT2D eigenvalue weighted by atomic mass is 16.4. The van der Waals surface area contributed by atoms with Crippen molar-refractivity contribution in [1.29, 1.82) is 0 Å². The molecule has 0 spiro atoms. The fourth-order valence-electron chi connectivity index (χ4n) is 1.14. The second kappa shape index (κ2) is 4.59. The van der Waals surface area contributed by atoms with Gasteiger partial charge in [-0.1, -0.05) is 6.08 Å². The molecule has 1 atom stereocenters. The molecule has 0 aliphatic heterocycles. The number of hydrogen-bond donors (Lipinski definition) is 3. The maximum atomic E-state index is 10.8. The molecule has 1 unspecified atom stereocenters. The number of allylic oxidation sites excluding steroid dienone is 1. The summed E-state index contributed by atoms with van der Waals surface area (Å²) in [6.45, 7) is 4.14. The van der Waals surface area contributed by atoms with E-state index in [9.17, 15) is 14.4 Å². The molecular formula is C9H12O6. The average Bonchev–Trinajstić information content (AvgIpc) is 2.11. The Bertz CT molecular complexity index is 292. The van der Waals surface area contributed by atoms with Gasteiger partial charge in [-0.25, -0.2) is 0 Å². The van der Waals surface area contributed by atoms with Gasteiger partial charge in [0, 0.05) is 0 Å². The van der Waals surface area contributed by atoms with Gasteiger partial charge in [0.2, 0.25) is 0 Å². The lowest BCUT2D eigenvalue weighted by molar-refractivity contribution is -0.174. The Morgan fingerprint density at radius 1 is 1.27 bits per heavy atom. The van der Waals surface area contributed by atoms with Crippen molar-refractivity contribution in [2.24, 2.45) is 11.3 Å². The molecule has 15 heavy (non-hydrogen) atoms. The third-order valence-corrected chi connectivity index (χ3v) is 2.29. The summed E-state index contributed by atoms with van der Waals surface area (Å²) in [7, 11) is 0. The maximum Gasteiger partial charge on any atom is 0.321 e. The van der Waals surface area contributed by atoms with Crippen LogP contribution in [0.3, 0.4) is 0 Å². The number of aliphatic carboxylic acids is 3. The highest BCUT2D eigenvalue weighted by Gasteiger charge is 2.51. The van der Waals surface area contributed by atoms with Crippen molar-refractivity contribution in [3.63, 3.8) is 0 Å². The molecule has 84 valence electrons. The van der Waals surface area contributed by atoms with Crippen LogP contribution >= 0.6 is 0 Å². The van der Waals surface area contributed by atoms with Crippen LogP contribution in [0, 0.1) is 11.3 Å². The normalized spacial score (nSPS) is 12.9. The molecule has 0 fully saturated rings. The molecule has 0 heterocycles. The molecule has 0 aliphatic rings. The number of rotatable bonds is 6. The fraction of sp³-hybridized carbons (Fsp3) is 0.444. The highest BCUT2D eigenvalue weighted by Crippen LogP contribution is 2.31.